The maximum atomic E-state index is 11.7. The van der Waals surface area contributed by atoms with E-state index in [2.05, 4.69) is 6.58 Å². The summed E-state index contributed by atoms with van der Waals surface area (Å²) in [5.41, 5.74) is 7.82. The summed E-state index contributed by atoms with van der Waals surface area (Å²) >= 11 is 0. The molecule has 1 heterocycles. The van der Waals surface area contributed by atoms with E-state index in [-0.39, 0.29) is 10.5 Å². The molecular formula is C18H16N2O3S. The average Bonchev–Trinajstić information content (AvgIpc) is 2.96. The molecule has 2 aromatic carbocycles. The van der Waals surface area contributed by atoms with Gasteiger partial charge in [0, 0.05) is 29.1 Å². The fourth-order valence-electron chi connectivity index (χ4n) is 2.56. The van der Waals surface area contributed by atoms with Crippen LogP contribution >= 0.6 is 0 Å². The maximum Gasteiger partial charge on any atom is 0.248 e. The van der Waals surface area contributed by atoms with Crippen LogP contribution < -0.4 is 5.73 Å². The Kier molecular flexibility index (Phi) is 3.77. The lowest BCUT2D eigenvalue weighted by Gasteiger charge is -2.08. The molecule has 1 aromatic heterocycles. The molecule has 0 spiro atoms. The highest BCUT2D eigenvalue weighted by Crippen LogP contribution is 2.25. The van der Waals surface area contributed by atoms with Crippen LogP contribution in [0.4, 0.5) is 0 Å². The Morgan fingerprint density at radius 1 is 1.12 bits per heavy atom. The van der Waals surface area contributed by atoms with Crippen LogP contribution in [-0.2, 0) is 14.6 Å². The number of rotatable bonds is 4. The highest BCUT2D eigenvalue weighted by atomic mass is 32.2. The molecule has 0 aliphatic heterocycles. The fourth-order valence-corrected chi connectivity index (χ4v) is 3.22. The van der Waals surface area contributed by atoms with Gasteiger partial charge in [-0.1, -0.05) is 18.7 Å². The topological polar surface area (TPSA) is 82.2 Å². The Labute approximate surface area is 139 Å². The van der Waals surface area contributed by atoms with Gasteiger partial charge in [-0.05, 0) is 42.0 Å². The number of fused-ring (bicyclic) bond motifs is 1. The summed E-state index contributed by atoms with van der Waals surface area (Å²) in [6.45, 7) is 3.69. The number of aromatic nitrogens is 1. The summed E-state index contributed by atoms with van der Waals surface area (Å²) in [5, 5.41) is 0.902. The zero-order valence-electron chi connectivity index (χ0n) is 13.1. The first kappa shape index (κ1) is 16.0. The molecule has 0 atom stereocenters. The third kappa shape index (κ3) is 2.83. The zero-order chi connectivity index (χ0) is 17.5. The van der Waals surface area contributed by atoms with Crippen LogP contribution in [0, 0.1) is 0 Å². The minimum absolute atomic E-state index is 0.253. The number of amides is 1. The number of nitrogens with zero attached hydrogens (tertiary/aromatic N) is 1. The summed E-state index contributed by atoms with van der Waals surface area (Å²) in [6.07, 6.45) is 3.03. The molecule has 0 saturated heterocycles. The smallest absolute Gasteiger partial charge is 0.248 e. The highest BCUT2D eigenvalue weighted by molar-refractivity contribution is 7.90. The Morgan fingerprint density at radius 3 is 2.54 bits per heavy atom. The van der Waals surface area contributed by atoms with Crippen molar-refractivity contribution in [2.45, 2.75) is 4.90 Å². The molecule has 5 nitrogen and oxygen atoms in total. The number of hydrogen-bond acceptors (Lipinski definition) is 3. The van der Waals surface area contributed by atoms with E-state index in [9.17, 15) is 13.2 Å². The molecule has 0 bridgehead atoms. The summed E-state index contributed by atoms with van der Waals surface area (Å²) in [6, 6.07) is 14.1. The van der Waals surface area contributed by atoms with Crippen LogP contribution in [0.25, 0.3) is 22.2 Å². The SMILES string of the molecule is C=C(C(N)=O)c1ccc2c(ccn2-c2cccc(S(C)(=O)=O)c2)c1. The van der Waals surface area contributed by atoms with Gasteiger partial charge in [-0.2, -0.15) is 0 Å². The molecule has 0 fully saturated rings. The minimum Gasteiger partial charge on any atom is -0.366 e. The molecular weight excluding hydrogens is 324 g/mol. The summed E-state index contributed by atoms with van der Waals surface area (Å²) in [5.74, 6) is -0.561. The second-order valence-electron chi connectivity index (χ2n) is 5.57. The van der Waals surface area contributed by atoms with Gasteiger partial charge in [-0.15, -0.1) is 0 Å². The predicted octanol–water partition coefficient (Wildman–Crippen LogP) is 2.53. The normalized spacial score (nSPS) is 11.5. The van der Waals surface area contributed by atoms with Crippen molar-refractivity contribution in [2.24, 2.45) is 5.73 Å². The molecule has 3 rings (SSSR count). The first-order valence-electron chi connectivity index (χ1n) is 7.18. The average molecular weight is 340 g/mol. The van der Waals surface area contributed by atoms with Gasteiger partial charge in [0.1, 0.15) is 0 Å². The first-order chi connectivity index (χ1) is 11.3. The van der Waals surface area contributed by atoms with Gasteiger partial charge in [0.05, 0.1) is 10.4 Å². The van der Waals surface area contributed by atoms with Crippen molar-refractivity contribution in [2.75, 3.05) is 6.26 Å². The lowest BCUT2D eigenvalue weighted by molar-refractivity contribution is -0.112. The van der Waals surface area contributed by atoms with Crippen LogP contribution in [0.15, 0.2) is 66.2 Å². The summed E-state index contributed by atoms with van der Waals surface area (Å²) < 4.78 is 25.4. The molecule has 0 aliphatic carbocycles. The van der Waals surface area contributed by atoms with Crippen molar-refractivity contribution in [3.8, 4) is 5.69 Å². The zero-order valence-corrected chi connectivity index (χ0v) is 13.9. The van der Waals surface area contributed by atoms with Crippen molar-refractivity contribution < 1.29 is 13.2 Å². The molecule has 1 amide bonds. The summed E-state index contributed by atoms with van der Waals surface area (Å²) in [7, 11) is -3.27. The van der Waals surface area contributed by atoms with Gasteiger partial charge in [0.15, 0.2) is 9.84 Å². The van der Waals surface area contributed by atoms with Gasteiger partial charge in [-0.3, -0.25) is 4.79 Å². The minimum atomic E-state index is -3.27. The first-order valence-corrected chi connectivity index (χ1v) is 9.07. The summed E-state index contributed by atoms with van der Waals surface area (Å²) in [4.78, 5) is 11.5. The Hall–Kier alpha value is -2.86. The molecule has 0 aliphatic rings. The van der Waals surface area contributed by atoms with Crippen LogP contribution in [-0.4, -0.2) is 25.1 Å². The van der Waals surface area contributed by atoms with Crippen LogP contribution in [0.1, 0.15) is 5.56 Å². The largest absolute Gasteiger partial charge is 0.366 e. The van der Waals surface area contributed by atoms with Crippen LogP contribution in [0.5, 0.6) is 0 Å². The van der Waals surface area contributed by atoms with E-state index < -0.39 is 15.7 Å². The van der Waals surface area contributed by atoms with E-state index >= 15 is 0 Å². The fraction of sp³-hybridized carbons (Fsp3) is 0.0556. The quantitative estimate of drug-likeness (QED) is 0.741. The molecule has 0 unspecified atom stereocenters. The van der Waals surface area contributed by atoms with E-state index in [1.54, 1.807) is 24.3 Å². The Balaban J connectivity index is 2.12. The lowest BCUT2D eigenvalue weighted by atomic mass is 10.1. The number of primary amides is 1. The van der Waals surface area contributed by atoms with Gasteiger partial charge in [0.25, 0.3) is 0 Å². The van der Waals surface area contributed by atoms with E-state index in [0.29, 0.717) is 5.56 Å². The number of carbonyl (C=O) groups excluding carboxylic acids is 1. The number of benzene rings is 2. The Morgan fingerprint density at radius 2 is 1.88 bits per heavy atom. The molecule has 2 N–H and O–H groups in total. The molecule has 6 heteroatoms. The molecule has 3 aromatic rings. The van der Waals surface area contributed by atoms with Crippen LogP contribution in [0.3, 0.4) is 0 Å². The van der Waals surface area contributed by atoms with Crippen molar-refractivity contribution in [3.05, 3.63) is 66.9 Å². The highest BCUT2D eigenvalue weighted by Gasteiger charge is 2.11. The third-order valence-electron chi connectivity index (χ3n) is 3.86. The number of carbonyl (C=O) groups is 1. The number of nitrogens with two attached hydrogens (primary N) is 1. The van der Waals surface area contributed by atoms with E-state index in [4.69, 9.17) is 5.73 Å². The maximum absolute atomic E-state index is 11.7. The molecule has 24 heavy (non-hydrogen) atoms. The third-order valence-corrected chi connectivity index (χ3v) is 4.97. The molecule has 0 radical (unpaired) electrons. The van der Waals surface area contributed by atoms with Crippen molar-refractivity contribution in [1.82, 2.24) is 4.57 Å². The number of sulfone groups is 1. The number of hydrogen-bond donors (Lipinski definition) is 1. The van der Waals surface area contributed by atoms with E-state index in [1.165, 1.54) is 6.26 Å². The van der Waals surface area contributed by atoms with E-state index in [0.717, 1.165) is 16.6 Å². The molecule has 122 valence electrons. The van der Waals surface area contributed by atoms with Crippen molar-refractivity contribution >= 4 is 32.2 Å². The van der Waals surface area contributed by atoms with E-state index in [1.807, 2.05) is 35.0 Å². The monoisotopic (exact) mass is 340 g/mol. The van der Waals surface area contributed by atoms with Gasteiger partial charge >= 0.3 is 0 Å². The van der Waals surface area contributed by atoms with Crippen molar-refractivity contribution in [3.63, 3.8) is 0 Å². The predicted molar refractivity (Wildman–Crippen MR) is 94.6 cm³/mol. The van der Waals surface area contributed by atoms with Crippen LogP contribution in [0.2, 0.25) is 0 Å². The van der Waals surface area contributed by atoms with Crippen molar-refractivity contribution in [1.29, 1.82) is 0 Å². The van der Waals surface area contributed by atoms with Gasteiger partial charge in [0.2, 0.25) is 5.91 Å². The second-order valence-corrected chi connectivity index (χ2v) is 7.59. The molecule has 0 saturated carbocycles. The lowest BCUT2D eigenvalue weighted by Crippen LogP contribution is -2.11. The van der Waals surface area contributed by atoms with Gasteiger partial charge < -0.3 is 10.3 Å². The second kappa shape index (κ2) is 5.65. The standard InChI is InChI=1S/C18H16N2O3S/c1-12(18(19)21)13-6-7-17-14(10-13)8-9-20(17)15-4-3-5-16(11-15)24(2,22)23/h3-11H,1H2,2H3,(H2,19,21). The van der Waals surface area contributed by atoms with Gasteiger partial charge in [-0.25, -0.2) is 8.42 Å². The Bertz CT molecular complexity index is 1080.